The van der Waals surface area contributed by atoms with Gasteiger partial charge in [-0.2, -0.15) is 0 Å². The lowest BCUT2D eigenvalue weighted by Crippen LogP contribution is -2.26. The quantitative estimate of drug-likeness (QED) is 0.790. The molecule has 0 aromatic heterocycles. The highest BCUT2D eigenvalue weighted by Gasteiger charge is 2.10. The molecule has 1 aromatic rings. The van der Waals surface area contributed by atoms with Crippen molar-refractivity contribution in [1.29, 1.82) is 0 Å². The summed E-state index contributed by atoms with van der Waals surface area (Å²) in [4.78, 5) is 0. The Hall–Kier alpha value is -0.910. The molecule has 3 N–H and O–H groups in total. The van der Waals surface area contributed by atoms with Crippen LogP contribution in [0.15, 0.2) is 24.3 Å². The van der Waals surface area contributed by atoms with Crippen LogP contribution in [0.2, 0.25) is 0 Å². The van der Waals surface area contributed by atoms with E-state index in [1.165, 1.54) is 0 Å². The van der Waals surface area contributed by atoms with Crippen LogP contribution in [0, 0.1) is 5.92 Å². The molecule has 1 rings (SSSR count). The monoisotopic (exact) mass is 270 g/mol. The molecule has 0 saturated heterocycles. The molecule has 0 saturated carbocycles. The second kappa shape index (κ2) is 6.87. The van der Waals surface area contributed by atoms with Crippen LogP contribution in [0.5, 0.6) is 0 Å². The van der Waals surface area contributed by atoms with Gasteiger partial charge in [-0.05, 0) is 23.5 Å². The van der Waals surface area contributed by atoms with Crippen molar-refractivity contribution >= 4 is 10.0 Å². The molecule has 0 aliphatic carbocycles. The molecule has 0 unspecified atom stereocenters. The molecule has 0 aliphatic rings. The lowest BCUT2D eigenvalue weighted by molar-refractivity contribution is 0.561. The van der Waals surface area contributed by atoms with Crippen molar-refractivity contribution < 1.29 is 8.42 Å². The SMILES string of the molecule is CC(C)CCS(=O)(=O)NCc1ccc(CN)cc1. The van der Waals surface area contributed by atoms with Crippen LogP contribution in [-0.2, 0) is 23.1 Å². The Kier molecular flexibility index (Phi) is 5.78. The number of nitrogens with one attached hydrogen (secondary N) is 1. The van der Waals surface area contributed by atoms with Crippen LogP contribution in [0.4, 0.5) is 0 Å². The minimum absolute atomic E-state index is 0.186. The molecule has 0 radical (unpaired) electrons. The molecule has 0 atom stereocenters. The van der Waals surface area contributed by atoms with E-state index in [1.54, 1.807) is 0 Å². The molecule has 0 aliphatic heterocycles. The maximum Gasteiger partial charge on any atom is 0.211 e. The lowest BCUT2D eigenvalue weighted by Gasteiger charge is -2.08. The van der Waals surface area contributed by atoms with E-state index >= 15 is 0 Å². The van der Waals surface area contributed by atoms with E-state index in [9.17, 15) is 8.42 Å². The Morgan fingerprint density at radius 3 is 2.22 bits per heavy atom. The number of nitrogens with two attached hydrogens (primary N) is 1. The van der Waals surface area contributed by atoms with E-state index in [0.29, 0.717) is 25.4 Å². The highest BCUT2D eigenvalue weighted by molar-refractivity contribution is 7.89. The van der Waals surface area contributed by atoms with Crippen LogP contribution in [-0.4, -0.2) is 14.2 Å². The Balaban J connectivity index is 2.48. The third kappa shape index (κ3) is 5.62. The summed E-state index contributed by atoms with van der Waals surface area (Å²) in [6, 6.07) is 7.62. The summed E-state index contributed by atoms with van der Waals surface area (Å²) in [6.07, 6.45) is 0.682. The third-order valence-corrected chi connectivity index (χ3v) is 4.08. The number of hydrogen-bond acceptors (Lipinski definition) is 3. The third-order valence-electron chi connectivity index (χ3n) is 2.72. The first-order valence-electron chi connectivity index (χ1n) is 6.18. The van der Waals surface area contributed by atoms with Crippen LogP contribution in [0.1, 0.15) is 31.4 Å². The van der Waals surface area contributed by atoms with Crippen molar-refractivity contribution in [3.8, 4) is 0 Å². The fraction of sp³-hybridized carbons (Fsp3) is 0.538. The minimum Gasteiger partial charge on any atom is -0.326 e. The smallest absolute Gasteiger partial charge is 0.211 e. The number of hydrogen-bond donors (Lipinski definition) is 2. The van der Waals surface area contributed by atoms with E-state index in [0.717, 1.165) is 11.1 Å². The predicted molar refractivity (Wildman–Crippen MR) is 74.4 cm³/mol. The topological polar surface area (TPSA) is 72.2 Å². The van der Waals surface area contributed by atoms with Gasteiger partial charge in [0.1, 0.15) is 0 Å². The molecule has 0 heterocycles. The second-order valence-corrected chi connectivity index (χ2v) is 6.77. The minimum atomic E-state index is -3.17. The number of sulfonamides is 1. The fourth-order valence-corrected chi connectivity index (χ4v) is 2.76. The van der Waals surface area contributed by atoms with E-state index in [-0.39, 0.29) is 5.75 Å². The molecule has 1 aromatic carbocycles. The Morgan fingerprint density at radius 2 is 1.72 bits per heavy atom. The summed E-state index contributed by atoms with van der Waals surface area (Å²) in [7, 11) is -3.17. The zero-order chi connectivity index (χ0) is 13.6. The van der Waals surface area contributed by atoms with E-state index in [2.05, 4.69) is 4.72 Å². The largest absolute Gasteiger partial charge is 0.326 e. The van der Waals surface area contributed by atoms with Gasteiger partial charge in [-0.1, -0.05) is 38.1 Å². The summed E-state index contributed by atoms with van der Waals surface area (Å²) in [6.45, 7) is 4.87. The maximum atomic E-state index is 11.7. The average Bonchev–Trinajstić information content (AvgIpc) is 2.35. The first kappa shape index (κ1) is 15.1. The highest BCUT2D eigenvalue weighted by Crippen LogP contribution is 2.05. The van der Waals surface area contributed by atoms with Gasteiger partial charge in [0, 0.05) is 13.1 Å². The average molecular weight is 270 g/mol. The predicted octanol–water partition coefficient (Wildman–Crippen LogP) is 1.61. The summed E-state index contributed by atoms with van der Waals surface area (Å²) in [5.41, 5.74) is 7.49. The lowest BCUT2D eigenvalue weighted by atomic mass is 10.1. The molecule has 4 nitrogen and oxygen atoms in total. The van der Waals surface area contributed by atoms with Gasteiger partial charge in [-0.25, -0.2) is 13.1 Å². The summed E-state index contributed by atoms with van der Waals surface area (Å²) in [5.74, 6) is 0.580. The second-order valence-electron chi connectivity index (χ2n) is 4.84. The highest BCUT2D eigenvalue weighted by atomic mass is 32.2. The van der Waals surface area contributed by atoms with Gasteiger partial charge in [0.2, 0.25) is 10.0 Å². The zero-order valence-corrected chi connectivity index (χ0v) is 11.8. The molecule has 0 amide bonds. The summed E-state index contributed by atoms with van der Waals surface area (Å²) in [5, 5.41) is 0. The first-order chi connectivity index (χ1) is 8.43. The molecule has 0 spiro atoms. The van der Waals surface area contributed by atoms with Crippen molar-refractivity contribution in [2.24, 2.45) is 11.7 Å². The van der Waals surface area contributed by atoms with Crippen LogP contribution < -0.4 is 10.5 Å². The van der Waals surface area contributed by atoms with E-state index < -0.39 is 10.0 Å². The number of rotatable bonds is 7. The van der Waals surface area contributed by atoms with Gasteiger partial charge in [0.25, 0.3) is 0 Å². The molecular weight excluding hydrogens is 248 g/mol. The Bertz CT molecular complexity index is 452. The van der Waals surface area contributed by atoms with Gasteiger partial charge >= 0.3 is 0 Å². The fourth-order valence-electron chi connectivity index (χ4n) is 1.45. The van der Waals surface area contributed by atoms with Crippen LogP contribution in [0.3, 0.4) is 0 Å². The van der Waals surface area contributed by atoms with Gasteiger partial charge in [-0.3, -0.25) is 0 Å². The Labute approximate surface area is 110 Å². The molecule has 0 fully saturated rings. The van der Waals surface area contributed by atoms with Crippen molar-refractivity contribution in [3.63, 3.8) is 0 Å². The van der Waals surface area contributed by atoms with Crippen molar-refractivity contribution in [1.82, 2.24) is 4.72 Å². The van der Waals surface area contributed by atoms with E-state index in [1.807, 2.05) is 38.1 Å². The molecule has 0 bridgehead atoms. The molecular formula is C13H22N2O2S. The van der Waals surface area contributed by atoms with Crippen LogP contribution >= 0.6 is 0 Å². The maximum absolute atomic E-state index is 11.7. The molecule has 5 heteroatoms. The van der Waals surface area contributed by atoms with Crippen molar-refractivity contribution in [2.75, 3.05) is 5.75 Å². The number of benzene rings is 1. The van der Waals surface area contributed by atoms with Crippen molar-refractivity contribution in [3.05, 3.63) is 35.4 Å². The molecule has 102 valence electrons. The van der Waals surface area contributed by atoms with Gasteiger partial charge in [-0.15, -0.1) is 0 Å². The van der Waals surface area contributed by atoms with Gasteiger partial charge in [0.05, 0.1) is 5.75 Å². The molecule has 18 heavy (non-hydrogen) atoms. The standard InChI is InChI=1S/C13H22N2O2S/c1-11(2)7-8-18(16,17)15-10-13-5-3-12(9-14)4-6-13/h3-6,11,15H,7-10,14H2,1-2H3. The zero-order valence-electron chi connectivity index (χ0n) is 11.0. The van der Waals surface area contributed by atoms with Crippen LogP contribution in [0.25, 0.3) is 0 Å². The summed E-state index contributed by atoms with van der Waals surface area (Å²) < 4.78 is 26.0. The van der Waals surface area contributed by atoms with Gasteiger partial charge < -0.3 is 5.73 Å². The first-order valence-corrected chi connectivity index (χ1v) is 7.83. The Morgan fingerprint density at radius 1 is 1.17 bits per heavy atom. The van der Waals surface area contributed by atoms with Crippen molar-refractivity contribution in [2.45, 2.75) is 33.4 Å². The van der Waals surface area contributed by atoms with E-state index in [4.69, 9.17) is 5.73 Å². The normalized spacial score (nSPS) is 12.0. The van der Waals surface area contributed by atoms with Gasteiger partial charge in [0.15, 0.2) is 0 Å². The summed E-state index contributed by atoms with van der Waals surface area (Å²) >= 11 is 0.